The molecule has 2 aliphatic heterocycles. The zero-order valence-corrected chi connectivity index (χ0v) is 23.6. The summed E-state index contributed by atoms with van der Waals surface area (Å²) < 4.78 is 39.0. The van der Waals surface area contributed by atoms with E-state index in [2.05, 4.69) is 0 Å². The number of hydrogen-bond donors (Lipinski definition) is 3. The third-order valence-electron chi connectivity index (χ3n) is 7.07. The van der Waals surface area contributed by atoms with Gasteiger partial charge in [-0.15, -0.1) is 0 Å². The quantitative estimate of drug-likeness (QED) is 0.297. The van der Waals surface area contributed by atoms with Gasteiger partial charge in [0.25, 0.3) is 5.97 Å². The summed E-state index contributed by atoms with van der Waals surface area (Å²) in [6.45, 7) is 3.47. The molecule has 2 aliphatic rings. The first-order chi connectivity index (χ1) is 20.6. The minimum atomic E-state index is -0.833. The van der Waals surface area contributed by atoms with Crippen molar-refractivity contribution >= 4 is 24.4 Å². The van der Waals surface area contributed by atoms with Gasteiger partial charge in [0.1, 0.15) is 24.2 Å². The Morgan fingerprint density at radius 2 is 1.58 bits per heavy atom. The molecule has 43 heavy (non-hydrogen) atoms. The van der Waals surface area contributed by atoms with E-state index in [1.165, 1.54) is 24.3 Å². The molecule has 3 N–H and O–H groups in total. The van der Waals surface area contributed by atoms with Gasteiger partial charge in [-0.05, 0) is 78.9 Å². The van der Waals surface area contributed by atoms with Crippen LogP contribution in [0.5, 0.6) is 5.75 Å². The predicted molar refractivity (Wildman–Crippen MR) is 153 cm³/mol. The number of benzene rings is 3. The van der Waals surface area contributed by atoms with E-state index in [0.29, 0.717) is 38.0 Å². The molecule has 1 amide bonds. The van der Waals surface area contributed by atoms with Gasteiger partial charge in [-0.3, -0.25) is 9.59 Å². The Labute approximate surface area is 248 Å². The number of rotatable bonds is 8. The minimum Gasteiger partial charge on any atom is -0.508 e. The maximum absolute atomic E-state index is 13.6. The number of aliphatic hydroxyl groups is 1. The molecular formula is C32H35F2NO8. The number of ether oxygens (including phenoxy) is 2. The summed E-state index contributed by atoms with van der Waals surface area (Å²) in [4.78, 5) is 32.0. The summed E-state index contributed by atoms with van der Waals surface area (Å²) in [5.74, 6) is -1.92. The number of carbonyl (C=O) groups is 3. The van der Waals surface area contributed by atoms with E-state index in [0.717, 1.165) is 18.1 Å². The molecule has 3 aromatic rings. The number of anilines is 1. The number of amides is 1. The fourth-order valence-electron chi connectivity index (χ4n) is 5.12. The summed E-state index contributed by atoms with van der Waals surface area (Å²) in [6.07, 6.45) is 0.246. The van der Waals surface area contributed by atoms with Crippen molar-refractivity contribution in [3.8, 4) is 5.75 Å². The van der Waals surface area contributed by atoms with Crippen LogP contribution in [0.1, 0.15) is 55.9 Å². The molecule has 3 unspecified atom stereocenters. The number of carbonyl (C=O) groups excluding carboxylic acids is 2. The van der Waals surface area contributed by atoms with Crippen LogP contribution in [-0.2, 0) is 23.9 Å². The first-order valence-corrected chi connectivity index (χ1v) is 13.7. The zero-order valence-electron chi connectivity index (χ0n) is 23.6. The third-order valence-corrected chi connectivity index (χ3v) is 7.07. The van der Waals surface area contributed by atoms with Crippen molar-refractivity contribution in [3.63, 3.8) is 0 Å². The Kier molecular flexibility index (Phi) is 12.3. The molecule has 2 saturated heterocycles. The van der Waals surface area contributed by atoms with E-state index in [-0.39, 0.29) is 35.3 Å². The largest absolute Gasteiger partial charge is 0.508 e. The molecule has 3 aromatic carbocycles. The minimum absolute atomic E-state index is 0.0909. The van der Waals surface area contributed by atoms with Gasteiger partial charge in [-0.25, -0.2) is 8.78 Å². The van der Waals surface area contributed by atoms with E-state index in [1.807, 2.05) is 6.79 Å². The molecule has 0 aliphatic carbocycles. The molecule has 0 bridgehead atoms. The lowest BCUT2D eigenvalue weighted by Crippen LogP contribution is -2.55. The van der Waals surface area contributed by atoms with Crippen LogP contribution >= 0.6 is 0 Å². The predicted octanol–water partition coefficient (Wildman–Crippen LogP) is 5.32. The molecule has 0 spiro atoms. The Morgan fingerprint density at radius 1 is 1.02 bits per heavy atom. The number of aliphatic hydroxyl groups excluding tert-OH is 1. The topological polar surface area (TPSA) is 134 Å². The first-order valence-electron chi connectivity index (χ1n) is 13.7. The monoisotopic (exact) mass is 599 g/mol. The number of aromatic hydroxyl groups is 1. The summed E-state index contributed by atoms with van der Waals surface area (Å²) in [7, 11) is 0. The second-order valence-corrected chi connectivity index (χ2v) is 10.1. The van der Waals surface area contributed by atoms with Crippen molar-refractivity contribution in [2.45, 2.75) is 57.1 Å². The van der Waals surface area contributed by atoms with Gasteiger partial charge in [0.05, 0.1) is 30.8 Å². The lowest BCUT2D eigenvalue weighted by atomic mass is 9.78. The number of carboxylic acid groups (broad SMARTS) is 1. The van der Waals surface area contributed by atoms with Crippen LogP contribution in [0.3, 0.4) is 0 Å². The molecule has 0 radical (unpaired) electrons. The number of halogens is 2. The van der Waals surface area contributed by atoms with Gasteiger partial charge in [-0.1, -0.05) is 24.3 Å². The van der Waals surface area contributed by atoms with Gasteiger partial charge >= 0.3 is 0 Å². The van der Waals surface area contributed by atoms with Gasteiger partial charge in [0.2, 0.25) is 5.91 Å². The van der Waals surface area contributed by atoms with Crippen LogP contribution in [0.2, 0.25) is 0 Å². The van der Waals surface area contributed by atoms with Gasteiger partial charge in [0, 0.05) is 19.0 Å². The normalized spacial score (nSPS) is 21.8. The van der Waals surface area contributed by atoms with E-state index in [1.54, 1.807) is 53.4 Å². The van der Waals surface area contributed by atoms with Crippen molar-refractivity contribution in [1.29, 1.82) is 0 Å². The molecule has 230 valence electrons. The standard InChI is InChI=1S/C29H29F2NO5.C2H4O2.CH2O/c30-20-5-1-18(2-6-20)26(37-27-17-24(34)15-16-36-27)14-13-25-28(19-3-11-23(33)12-4-19)32(29(25)35)22-9-7-21(31)8-10-22;1-2(3)4;1-2/h1-12,24-28,33-34H,13-17H2;1H3,(H,3,4);1H2/t24?,25?,26-,27-,28?;;/m0../s1. The molecule has 2 fully saturated rings. The highest BCUT2D eigenvalue weighted by atomic mass is 19.1. The number of phenols is 1. The smallest absolute Gasteiger partial charge is 0.300 e. The van der Waals surface area contributed by atoms with Crippen LogP contribution < -0.4 is 4.90 Å². The number of aliphatic carboxylic acids is 1. The van der Waals surface area contributed by atoms with Gasteiger partial charge in [0.15, 0.2) is 6.29 Å². The van der Waals surface area contributed by atoms with Crippen LogP contribution in [-0.4, -0.2) is 53.0 Å². The van der Waals surface area contributed by atoms with Crippen molar-refractivity contribution in [3.05, 3.63) is 95.6 Å². The molecule has 0 aromatic heterocycles. The molecule has 5 rings (SSSR count). The van der Waals surface area contributed by atoms with Crippen molar-refractivity contribution in [2.75, 3.05) is 11.5 Å². The van der Waals surface area contributed by atoms with Crippen LogP contribution in [0, 0.1) is 17.6 Å². The summed E-state index contributed by atoms with van der Waals surface area (Å²) in [6, 6.07) is 18.2. The molecule has 11 heteroatoms. The van der Waals surface area contributed by atoms with Crippen LogP contribution in [0.15, 0.2) is 72.8 Å². The highest BCUT2D eigenvalue weighted by molar-refractivity contribution is 6.03. The van der Waals surface area contributed by atoms with E-state index < -0.39 is 24.5 Å². The average Bonchev–Trinajstić information content (AvgIpc) is 2.98. The Hall–Kier alpha value is -4.19. The molecule has 2 heterocycles. The zero-order chi connectivity index (χ0) is 31.5. The molecule has 0 saturated carbocycles. The Balaban J connectivity index is 0.000000780. The second kappa shape index (κ2) is 15.9. The van der Waals surface area contributed by atoms with Crippen LogP contribution in [0.4, 0.5) is 14.5 Å². The van der Waals surface area contributed by atoms with Gasteiger partial charge in [-0.2, -0.15) is 0 Å². The molecular weight excluding hydrogens is 564 g/mol. The van der Waals surface area contributed by atoms with E-state index >= 15 is 0 Å². The van der Waals surface area contributed by atoms with Crippen molar-refractivity contribution < 1.29 is 48.0 Å². The van der Waals surface area contributed by atoms with Gasteiger partial charge < -0.3 is 34.5 Å². The molecule has 9 nitrogen and oxygen atoms in total. The maximum Gasteiger partial charge on any atom is 0.300 e. The summed E-state index contributed by atoms with van der Waals surface area (Å²) in [5, 5.41) is 27.2. The van der Waals surface area contributed by atoms with Crippen LogP contribution in [0.25, 0.3) is 0 Å². The third kappa shape index (κ3) is 9.15. The number of carboxylic acids is 1. The highest BCUT2D eigenvalue weighted by Crippen LogP contribution is 2.47. The number of nitrogens with zero attached hydrogens (tertiary/aromatic N) is 1. The maximum atomic E-state index is 13.6. The number of phenolic OH excluding ortho intramolecular Hbond substituents is 1. The SMILES string of the molecule is C=O.CC(=O)O.O=C1C(CC[C@H](O[C@H]2CC(O)CCO2)c2ccc(F)cc2)C(c2ccc(O)cc2)N1c1ccc(F)cc1. The van der Waals surface area contributed by atoms with Crippen molar-refractivity contribution in [1.82, 2.24) is 0 Å². The number of hydrogen-bond acceptors (Lipinski definition) is 7. The summed E-state index contributed by atoms with van der Waals surface area (Å²) >= 11 is 0. The van der Waals surface area contributed by atoms with Crippen molar-refractivity contribution in [2.24, 2.45) is 5.92 Å². The Morgan fingerprint density at radius 3 is 2.14 bits per heavy atom. The number of β-lactam (4-membered cyclic amide) rings is 1. The van der Waals surface area contributed by atoms with E-state index in [4.69, 9.17) is 24.2 Å². The lowest BCUT2D eigenvalue weighted by Gasteiger charge is -2.48. The summed E-state index contributed by atoms with van der Waals surface area (Å²) in [5.41, 5.74) is 2.20. The molecule has 5 atom stereocenters. The Bertz CT molecular complexity index is 1320. The fraction of sp³-hybridized carbons (Fsp3) is 0.344. The second-order valence-electron chi connectivity index (χ2n) is 10.1. The fourth-order valence-corrected chi connectivity index (χ4v) is 5.12. The lowest BCUT2D eigenvalue weighted by molar-refractivity contribution is -0.210. The first kappa shape index (κ1) is 33.3. The average molecular weight is 600 g/mol. The van der Waals surface area contributed by atoms with E-state index in [9.17, 15) is 23.8 Å². The highest BCUT2D eigenvalue weighted by Gasteiger charge is 2.48.